The van der Waals surface area contributed by atoms with Crippen LogP contribution in [0.15, 0.2) is 72.8 Å². The minimum atomic E-state index is -0.870. The quantitative estimate of drug-likeness (QED) is 0.492. The minimum absolute atomic E-state index is 0.453. The van der Waals surface area contributed by atoms with Crippen molar-refractivity contribution >= 4 is 11.4 Å². The van der Waals surface area contributed by atoms with E-state index in [1.54, 1.807) is 0 Å². The number of nitrogens with zero attached hydrogens (tertiary/aromatic N) is 3. The molecule has 0 N–H and O–H groups in total. The molecule has 0 atom stereocenters. The number of nitriles is 1. The normalized spacial score (nSPS) is 11.3. The lowest BCUT2D eigenvalue weighted by molar-refractivity contribution is 0.789. The van der Waals surface area contributed by atoms with Crippen LogP contribution in [0, 0.1) is 11.3 Å². The standard InChI is InChI=1S/C27H31N3/c1-20(2)21-7-9-22(10-8-21)27(19-28,23-11-15-25(16-12-23)29(3)4)24-13-17-26(18-14-24)30(5)6/h7-18,20H,1-6H3. The Labute approximate surface area is 181 Å². The third kappa shape index (κ3) is 3.91. The molecule has 3 aromatic carbocycles. The van der Waals surface area contributed by atoms with Crippen molar-refractivity contribution < 1.29 is 0 Å². The van der Waals surface area contributed by atoms with Crippen molar-refractivity contribution in [3.8, 4) is 6.07 Å². The molecule has 0 amide bonds. The van der Waals surface area contributed by atoms with E-state index >= 15 is 0 Å². The van der Waals surface area contributed by atoms with Crippen molar-refractivity contribution in [1.29, 1.82) is 5.26 Å². The van der Waals surface area contributed by atoms with Gasteiger partial charge < -0.3 is 9.80 Å². The van der Waals surface area contributed by atoms with Crippen LogP contribution in [-0.4, -0.2) is 28.2 Å². The molecule has 0 saturated heterocycles. The van der Waals surface area contributed by atoms with E-state index in [1.807, 2.05) is 28.2 Å². The number of hydrogen-bond donors (Lipinski definition) is 0. The Kier molecular flexibility index (Phi) is 6.17. The molecule has 3 aromatic rings. The lowest BCUT2D eigenvalue weighted by Gasteiger charge is -2.30. The number of hydrogen-bond acceptors (Lipinski definition) is 3. The van der Waals surface area contributed by atoms with Gasteiger partial charge in [0.05, 0.1) is 6.07 Å². The molecule has 3 rings (SSSR count). The summed E-state index contributed by atoms with van der Waals surface area (Å²) in [5.41, 5.74) is 5.58. The second kappa shape index (κ2) is 8.63. The molecule has 3 heteroatoms. The van der Waals surface area contributed by atoms with Crippen LogP contribution in [0.1, 0.15) is 42.0 Å². The third-order valence-corrected chi connectivity index (χ3v) is 5.81. The first-order valence-electron chi connectivity index (χ1n) is 10.4. The predicted molar refractivity (Wildman–Crippen MR) is 128 cm³/mol. The highest BCUT2D eigenvalue weighted by Crippen LogP contribution is 2.40. The zero-order valence-corrected chi connectivity index (χ0v) is 18.8. The van der Waals surface area contributed by atoms with E-state index in [1.165, 1.54) is 5.56 Å². The molecule has 0 radical (unpaired) electrons. The molecule has 0 aliphatic carbocycles. The Bertz CT molecular complexity index is 881. The molecule has 0 unspecified atom stereocenters. The molecule has 0 spiro atoms. The summed E-state index contributed by atoms with van der Waals surface area (Å²) in [6, 6.07) is 27.8. The monoisotopic (exact) mass is 397 g/mol. The van der Waals surface area contributed by atoms with E-state index in [0.29, 0.717) is 5.92 Å². The maximum Gasteiger partial charge on any atom is 0.132 e. The Balaban J connectivity index is 2.22. The van der Waals surface area contributed by atoms with Gasteiger partial charge in [0, 0.05) is 39.6 Å². The maximum absolute atomic E-state index is 10.6. The zero-order chi connectivity index (χ0) is 21.9. The molecule has 0 aliphatic rings. The van der Waals surface area contributed by atoms with Crippen LogP contribution in [0.25, 0.3) is 0 Å². The molecule has 30 heavy (non-hydrogen) atoms. The summed E-state index contributed by atoms with van der Waals surface area (Å²) in [7, 11) is 8.10. The molecule has 0 saturated carbocycles. The highest BCUT2D eigenvalue weighted by atomic mass is 15.1. The van der Waals surface area contributed by atoms with Crippen molar-refractivity contribution in [2.45, 2.75) is 25.2 Å². The lowest BCUT2D eigenvalue weighted by atomic mass is 9.70. The van der Waals surface area contributed by atoms with Gasteiger partial charge in [0.2, 0.25) is 0 Å². The number of benzene rings is 3. The topological polar surface area (TPSA) is 30.3 Å². The molecule has 0 bridgehead atoms. The summed E-state index contributed by atoms with van der Waals surface area (Å²) < 4.78 is 0. The summed E-state index contributed by atoms with van der Waals surface area (Å²) in [4.78, 5) is 4.14. The van der Waals surface area contributed by atoms with Crippen molar-refractivity contribution in [2.24, 2.45) is 0 Å². The molecule has 3 nitrogen and oxygen atoms in total. The van der Waals surface area contributed by atoms with Crippen LogP contribution in [0.5, 0.6) is 0 Å². The third-order valence-electron chi connectivity index (χ3n) is 5.81. The van der Waals surface area contributed by atoms with E-state index in [4.69, 9.17) is 0 Å². The average molecular weight is 398 g/mol. The first-order chi connectivity index (χ1) is 14.3. The van der Waals surface area contributed by atoms with Crippen molar-refractivity contribution in [2.75, 3.05) is 38.0 Å². The molecule has 0 aromatic heterocycles. The number of anilines is 2. The zero-order valence-electron chi connectivity index (χ0n) is 18.8. The molecule has 0 fully saturated rings. The molecule has 154 valence electrons. The van der Waals surface area contributed by atoms with Gasteiger partial charge in [0.25, 0.3) is 0 Å². The summed E-state index contributed by atoms with van der Waals surface area (Å²) in [5, 5.41) is 10.6. The molecule has 0 aliphatic heterocycles. The second-order valence-electron chi connectivity index (χ2n) is 8.52. The van der Waals surface area contributed by atoms with Crippen LogP contribution in [-0.2, 0) is 5.41 Å². The molecular formula is C27H31N3. The predicted octanol–water partition coefficient (Wildman–Crippen LogP) is 5.80. The van der Waals surface area contributed by atoms with E-state index < -0.39 is 5.41 Å². The Morgan fingerprint density at radius 2 is 0.967 bits per heavy atom. The fourth-order valence-corrected chi connectivity index (χ4v) is 3.83. The lowest BCUT2D eigenvalue weighted by Crippen LogP contribution is -2.27. The van der Waals surface area contributed by atoms with Gasteiger partial charge in [0.15, 0.2) is 0 Å². The Morgan fingerprint density at radius 3 is 1.23 bits per heavy atom. The van der Waals surface area contributed by atoms with Crippen LogP contribution >= 0.6 is 0 Å². The van der Waals surface area contributed by atoms with Gasteiger partial charge in [-0.15, -0.1) is 0 Å². The SMILES string of the molecule is CC(C)c1ccc(C(C#N)(c2ccc(N(C)C)cc2)c2ccc(N(C)C)cc2)cc1. The fourth-order valence-electron chi connectivity index (χ4n) is 3.83. The first-order valence-corrected chi connectivity index (χ1v) is 10.4. The molecular weight excluding hydrogens is 366 g/mol. The van der Waals surface area contributed by atoms with Crippen molar-refractivity contribution in [3.63, 3.8) is 0 Å². The second-order valence-corrected chi connectivity index (χ2v) is 8.52. The van der Waals surface area contributed by atoms with Crippen LogP contribution in [0.2, 0.25) is 0 Å². The van der Waals surface area contributed by atoms with Crippen molar-refractivity contribution in [1.82, 2.24) is 0 Å². The minimum Gasteiger partial charge on any atom is -0.378 e. The van der Waals surface area contributed by atoms with Gasteiger partial charge in [-0.2, -0.15) is 5.26 Å². The first kappa shape index (κ1) is 21.5. The summed E-state index contributed by atoms with van der Waals surface area (Å²) in [6.45, 7) is 4.37. The fraction of sp³-hybridized carbons (Fsp3) is 0.296. The van der Waals surface area contributed by atoms with Gasteiger partial charge in [-0.25, -0.2) is 0 Å². The van der Waals surface area contributed by atoms with Crippen molar-refractivity contribution in [3.05, 3.63) is 95.1 Å². The van der Waals surface area contributed by atoms with Gasteiger partial charge in [-0.1, -0.05) is 62.4 Å². The average Bonchev–Trinajstić information content (AvgIpc) is 2.75. The summed E-state index contributed by atoms with van der Waals surface area (Å²) in [5.74, 6) is 0.453. The smallest absolute Gasteiger partial charge is 0.132 e. The maximum atomic E-state index is 10.6. The van der Waals surface area contributed by atoms with Gasteiger partial charge in [-0.3, -0.25) is 0 Å². The summed E-state index contributed by atoms with van der Waals surface area (Å²) in [6.07, 6.45) is 0. The largest absolute Gasteiger partial charge is 0.378 e. The van der Waals surface area contributed by atoms with E-state index in [9.17, 15) is 5.26 Å². The van der Waals surface area contributed by atoms with E-state index in [2.05, 4.69) is 103 Å². The Morgan fingerprint density at radius 1 is 0.633 bits per heavy atom. The van der Waals surface area contributed by atoms with Crippen LogP contribution in [0.3, 0.4) is 0 Å². The van der Waals surface area contributed by atoms with Crippen LogP contribution < -0.4 is 9.80 Å². The summed E-state index contributed by atoms with van der Waals surface area (Å²) >= 11 is 0. The molecule has 0 heterocycles. The van der Waals surface area contributed by atoms with Gasteiger partial charge >= 0.3 is 0 Å². The van der Waals surface area contributed by atoms with E-state index in [-0.39, 0.29) is 0 Å². The highest BCUT2D eigenvalue weighted by molar-refractivity contribution is 5.61. The van der Waals surface area contributed by atoms with E-state index in [0.717, 1.165) is 28.1 Å². The Hall–Kier alpha value is -3.25. The van der Waals surface area contributed by atoms with Gasteiger partial charge in [0.1, 0.15) is 5.41 Å². The number of rotatable bonds is 6. The van der Waals surface area contributed by atoms with Gasteiger partial charge in [-0.05, 0) is 52.4 Å². The van der Waals surface area contributed by atoms with Crippen LogP contribution in [0.4, 0.5) is 11.4 Å². The highest BCUT2D eigenvalue weighted by Gasteiger charge is 2.37.